The van der Waals surface area contributed by atoms with E-state index in [-0.39, 0.29) is 37.1 Å². The number of hydrogen-bond acceptors (Lipinski definition) is 4. The van der Waals surface area contributed by atoms with Crippen LogP contribution in [0.2, 0.25) is 0 Å². The summed E-state index contributed by atoms with van der Waals surface area (Å²) < 4.78 is 2.04. The number of ketones is 1. The van der Waals surface area contributed by atoms with E-state index in [1.165, 1.54) is 0 Å². The third-order valence-electron chi connectivity index (χ3n) is 3.26. The summed E-state index contributed by atoms with van der Waals surface area (Å²) in [4.78, 5) is 20.1. The molecule has 0 amide bonds. The molecule has 5 nitrogen and oxygen atoms in total. The molecular formula is C15H16Cl2N4O. The lowest BCUT2D eigenvalue weighted by Gasteiger charge is -2.07. The van der Waals surface area contributed by atoms with E-state index in [2.05, 4.69) is 9.97 Å². The highest BCUT2D eigenvalue weighted by molar-refractivity contribution is 5.97. The van der Waals surface area contributed by atoms with Gasteiger partial charge in [0.05, 0.1) is 18.3 Å². The fourth-order valence-corrected chi connectivity index (χ4v) is 2.29. The zero-order valence-corrected chi connectivity index (χ0v) is 13.5. The Morgan fingerprint density at radius 3 is 2.50 bits per heavy atom. The summed E-state index contributed by atoms with van der Waals surface area (Å²) >= 11 is 0. The van der Waals surface area contributed by atoms with E-state index in [0.29, 0.717) is 5.56 Å². The average molecular weight is 339 g/mol. The maximum Gasteiger partial charge on any atom is 0.176 e. The van der Waals surface area contributed by atoms with E-state index in [0.717, 1.165) is 22.5 Å². The van der Waals surface area contributed by atoms with Crippen LogP contribution in [0.1, 0.15) is 16.2 Å². The number of carbonyl (C=O) groups is 1. The minimum absolute atomic E-state index is 0. The topological polar surface area (TPSA) is 73.8 Å². The van der Waals surface area contributed by atoms with Crippen molar-refractivity contribution in [3.63, 3.8) is 0 Å². The molecule has 3 rings (SSSR count). The van der Waals surface area contributed by atoms with Crippen molar-refractivity contribution in [3.8, 4) is 5.69 Å². The highest BCUT2D eigenvalue weighted by Gasteiger charge is 2.10. The standard InChI is InChI=1S/C15H14N4O.2ClH/c1-10-18-13-9-17-7-6-14(13)19(10)12-4-2-11(3-5-12)15(20)8-16;;/h2-7,9H,8,16H2,1H3;2*1H. The van der Waals surface area contributed by atoms with Crippen LogP contribution in [0.5, 0.6) is 0 Å². The first kappa shape index (κ1) is 18.1. The van der Waals surface area contributed by atoms with Gasteiger partial charge in [-0.15, -0.1) is 24.8 Å². The normalized spacial score (nSPS) is 9.91. The van der Waals surface area contributed by atoms with Gasteiger partial charge in [0.15, 0.2) is 5.78 Å². The van der Waals surface area contributed by atoms with E-state index in [1.54, 1.807) is 24.5 Å². The highest BCUT2D eigenvalue weighted by atomic mass is 35.5. The van der Waals surface area contributed by atoms with Gasteiger partial charge in [-0.3, -0.25) is 14.3 Å². The van der Waals surface area contributed by atoms with Crippen molar-refractivity contribution in [2.45, 2.75) is 6.92 Å². The molecule has 2 N–H and O–H groups in total. The lowest BCUT2D eigenvalue weighted by molar-refractivity contribution is 0.100. The first-order valence-corrected chi connectivity index (χ1v) is 6.33. The first-order chi connectivity index (χ1) is 9.70. The van der Waals surface area contributed by atoms with E-state index >= 15 is 0 Å². The number of fused-ring (bicyclic) bond motifs is 1. The molecule has 2 aromatic heterocycles. The molecule has 0 aliphatic heterocycles. The molecule has 116 valence electrons. The van der Waals surface area contributed by atoms with Gasteiger partial charge < -0.3 is 5.73 Å². The number of hydrogen-bond donors (Lipinski definition) is 1. The van der Waals surface area contributed by atoms with Crippen LogP contribution in [0.15, 0.2) is 42.7 Å². The van der Waals surface area contributed by atoms with Gasteiger partial charge in [0.25, 0.3) is 0 Å². The fourth-order valence-electron chi connectivity index (χ4n) is 2.29. The Morgan fingerprint density at radius 2 is 1.86 bits per heavy atom. The molecule has 0 atom stereocenters. The second-order valence-corrected chi connectivity index (χ2v) is 4.53. The minimum Gasteiger partial charge on any atom is -0.324 e. The molecule has 0 bridgehead atoms. The number of imidazole rings is 1. The molecule has 0 saturated heterocycles. The van der Waals surface area contributed by atoms with Crippen molar-refractivity contribution in [2.24, 2.45) is 5.73 Å². The summed E-state index contributed by atoms with van der Waals surface area (Å²) in [6, 6.07) is 9.30. The highest BCUT2D eigenvalue weighted by Crippen LogP contribution is 2.20. The van der Waals surface area contributed by atoms with E-state index in [1.807, 2.05) is 29.7 Å². The van der Waals surface area contributed by atoms with Gasteiger partial charge in [0, 0.05) is 17.4 Å². The van der Waals surface area contributed by atoms with Gasteiger partial charge in [-0.1, -0.05) is 0 Å². The van der Waals surface area contributed by atoms with Gasteiger partial charge in [-0.25, -0.2) is 4.98 Å². The Labute approximate surface area is 140 Å². The number of benzene rings is 1. The maximum absolute atomic E-state index is 11.5. The van der Waals surface area contributed by atoms with Gasteiger partial charge in [0.2, 0.25) is 0 Å². The van der Waals surface area contributed by atoms with Crippen molar-refractivity contribution in [3.05, 3.63) is 54.1 Å². The van der Waals surface area contributed by atoms with Gasteiger partial charge in [-0.2, -0.15) is 0 Å². The predicted molar refractivity (Wildman–Crippen MR) is 91.5 cm³/mol. The summed E-state index contributed by atoms with van der Waals surface area (Å²) in [5.41, 5.74) is 8.80. The molecule has 3 aromatic rings. The number of Topliss-reactive ketones (excluding diaryl/α,β-unsaturated/α-hetero) is 1. The lowest BCUT2D eigenvalue weighted by atomic mass is 10.1. The third-order valence-corrected chi connectivity index (χ3v) is 3.26. The van der Waals surface area contributed by atoms with Crippen molar-refractivity contribution in [1.82, 2.24) is 14.5 Å². The van der Waals surface area contributed by atoms with E-state index < -0.39 is 0 Å². The zero-order valence-electron chi connectivity index (χ0n) is 11.9. The molecule has 0 fully saturated rings. The molecule has 0 unspecified atom stereocenters. The number of aromatic nitrogens is 3. The van der Waals surface area contributed by atoms with Crippen LogP contribution in [0.4, 0.5) is 0 Å². The minimum atomic E-state index is -0.0621. The van der Waals surface area contributed by atoms with Gasteiger partial charge in [0.1, 0.15) is 11.3 Å². The van der Waals surface area contributed by atoms with Crippen molar-refractivity contribution in [1.29, 1.82) is 0 Å². The van der Waals surface area contributed by atoms with Crippen LogP contribution in [0, 0.1) is 6.92 Å². The number of aryl methyl sites for hydroxylation is 1. The van der Waals surface area contributed by atoms with Crippen LogP contribution in [-0.2, 0) is 0 Å². The van der Waals surface area contributed by atoms with Crippen molar-refractivity contribution >= 4 is 41.6 Å². The summed E-state index contributed by atoms with van der Waals surface area (Å²) in [6.45, 7) is 1.97. The molecule has 2 heterocycles. The summed E-state index contributed by atoms with van der Waals surface area (Å²) in [5.74, 6) is 0.818. The Bertz CT molecular complexity index is 784. The fraction of sp³-hybridized carbons (Fsp3) is 0.133. The number of carbonyl (C=O) groups excluding carboxylic acids is 1. The molecule has 0 aliphatic rings. The maximum atomic E-state index is 11.5. The third kappa shape index (κ3) is 3.11. The molecule has 0 radical (unpaired) electrons. The number of halogens is 2. The quantitative estimate of drug-likeness (QED) is 0.745. The SMILES string of the molecule is Cc1nc2cnccc2n1-c1ccc(C(=O)CN)cc1.Cl.Cl. The van der Waals surface area contributed by atoms with E-state index in [4.69, 9.17) is 5.73 Å². The second kappa shape index (κ2) is 7.35. The molecule has 1 aromatic carbocycles. The molecule has 22 heavy (non-hydrogen) atoms. The molecule has 7 heteroatoms. The number of rotatable bonds is 3. The molecule has 0 saturated carbocycles. The van der Waals surface area contributed by atoms with Gasteiger partial charge >= 0.3 is 0 Å². The van der Waals surface area contributed by atoms with Crippen LogP contribution >= 0.6 is 24.8 Å². The molecular weight excluding hydrogens is 323 g/mol. The van der Waals surface area contributed by atoms with Crippen molar-refractivity contribution in [2.75, 3.05) is 6.54 Å². The van der Waals surface area contributed by atoms with Gasteiger partial charge in [-0.05, 0) is 37.3 Å². The predicted octanol–water partition coefficient (Wildman–Crippen LogP) is 2.71. The van der Waals surface area contributed by atoms with E-state index in [9.17, 15) is 4.79 Å². The molecule has 0 aliphatic carbocycles. The summed E-state index contributed by atoms with van der Waals surface area (Å²) in [5, 5.41) is 0. The van der Waals surface area contributed by atoms with Crippen molar-refractivity contribution < 1.29 is 4.79 Å². The second-order valence-electron chi connectivity index (χ2n) is 4.53. The Hall–Kier alpha value is -1.95. The van der Waals surface area contributed by atoms with Crippen LogP contribution < -0.4 is 5.73 Å². The van der Waals surface area contributed by atoms with Crippen LogP contribution in [0.3, 0.4) is 0 Å². The Morgan fingerprint density at radius 1 is 1.18 bits per heavy atom. The number of nitrogens with two attached hydrogens (primary N) is 1. The largest absolute Gasteiger partial charge is 0.324 e. The monoisotopic (exact) mass is 338 g/mol. The Balaban J connectivity index is 0.00000121. The van der Waals surface area contributed by atoms with Crippen LogP contribution in [-0.4, -0.2) is 26.9 Å². The average Bonchev–Trinajstić information content (AvgIpc) is 2.82. The number of nitrogens with zero attached hydrogens (tertiary/aromatic N) is 3. The summed E-state index contributed by atoms with van der Waals surface area (Å²) in [7, 11) is 0. The summed E-state index contributed by atoms with van der Waals surface area (Å²) in [6.07, 6.45) is 3.48. The van der Waals surface area contributed by atoms with Crippen LogP contribution in [0.25, 0.3) is 16.7 Å². The Kier molecular flexibility index (Phi) is 6.05. The zero-order chi connectivity index (χ0) is 14.1. The first-order valence-electron chi connectivity index (χ1n) is 6.33. The lowest BCUT2D eigenvalue weighted by Crippen LogP contribution is -2.13. The molecule has 0 spiro atoms. The number of pyridine rings is 1. The smallest absolute Gasteiger partial charge is 0.176 e.